The maximum Gasteiger partial charge on any atom is 0.123 e. The number of rotatable bonds is 3. The number of aliphatic hydroxyl groups is 1. The highest BCUT2D eigenvalue weighted by molar-refractivity contribution is 5.50. The van der Waals surface area contributed by atoms with Crippen molar-refractivity contribution in [3.05, 3.63) is 5.57 Å². The molecule has 0 unspecified atom stereocenters. The van der Waals surface area contributed by atoms with E-state index in [9.17, 15) is 4.79 Å². The summed E-state index contributed by atoms with van der Waals surface area (Å²) in [7, 11) is 0. The lowest BCUT2D eigenvalue weighted by Crippen LogP contribution is -1.83. The first kappa shape index (κ1) is 7.41. The van der Waals surface area contributed by atoms with Crippen LogP contribution in [0.1, 0.15) is 19.8 Å². The van der Waals surface area contributed by atoms with E-state index in [1.807, 2.05) is 0 Å². The maximum atomic E-state index is 9.77. The zero-order valence-corrected chi connectivity index (χ0v) is 4.98. The van der Waals surface area contributed by atoms with E-state index in [4.69, 9.17) is 5.11 Å². The highest BCUT2D eigenvalue weighted by Gasteiger charge is 1.86. The van der Waals surface area contributed by atoms with Crippen molar-refractivity contribution in [2.45, 2.75) is 19.8 Å². The van der Waals surface area contributed by atoms with Crippen LogP contribution < -0.4 is 0 Å². The lowest BCUT2D eigenvalue weighted by atomic mass is 10.2. The molecule has 0 radical (unpaired) electrons. The third kappa shape index (κ3) is 3.59. The van der Waals surface area contributed by atoms with Gasteiger partial charge in [-0.1, -0.05) is 0 Å². The van der Waals surface area contributed by atoms with Gasteiger partial charge < -0.3 is 5.11 Å². The monoisotopic (exact) mass is 114 g/mol. The van der Waals surface area contributed by atoms with E-state index < -0.39 is 0 Å². The number of hydrogen-bond donors (Lipinski definition) is 1. The third-order valence-electron chi connectivity index (χ3n) is 0.884. The Bertz CT molecular complexity index is 101. The second-order valence-electron chi connectivity index (χ2n) is 1.71. The van der Waals surface area contributed by atoms with Crippen LogP contribution in [0.3, 0.4) is 0 Å². The summed E-state index contributed by atoms with van der Waals surface area (Å²) in [4.78, 5) is 9.77. The molecule has 0 heterocycles. The van der Waals surface area contributed by atoms with Gasteiger partial charge in [-0.2, -0.15) is 0 Å². The Morgan fingerprint density at radius 2 is 2.38 bits per heavy atom. The van der Waals surface area contributed by atoms with Crippen LogP contribution in [0.4, 0.5) is 0 Å². The zero-order chi connectivity index (χ0) is 6.41. The molecule has 1 N–H and O–H groups in total. The van der Waals surface area contributed by atoms with Gasteiger partial charge in [-0.3, -0.25) is 0 Å². The summed E-state index contributed by atoms with van der Waals surface area (Å²) in [6.45, 7) is 1.86. The number of allylic oxidation sites excluding steroid dienone is 1. The molecular formula is C6H10O2. The van der Waals surface area contributed by atoms with Gasteiger partial charge in [0.2, 0.25) is 0 Å². The predicted octanol–water partition coefficient (Wildman–Crippen LogP) is 0.537. The normalized spacial score (nSPS) is 8.25. The van der Waals surface area contributed by atoms with E-state index in [0.29, 0.717) is 18.4 Å². The van der Waals surface area contributed by atoms with E-state index in [2.05, 4.69) is 0 Å². The van der Waals surface area contributed by atoms with E-state index in [1.165, 1.54) is 0 Å². The Balaban J connectivity index is 3.26. The van der Waals surface area contributed by atoms with Crippen LogP contribution in [0.25, 0.3) is 0 Å². The predicted molar refractivity (Wildman–Crippen MR) is 31.2 cm³/mol. The molecule has 46 valence electrons. The van der Waals surface area contributed by atoms with Crippen molar-refractivity contribution in [3.63, 3.8) is 0 Å². The highest BCUT2D eigenvalue weighted by atomic mass is 16.2. The third-order valence-corrected chi connectivity index (χ3v) is 0.884. The van der Waals surface area contributed by atoms with E-state index in [-0.39, 0.29) is 6.61 Å². The fourth-order valence-electron chi connectivity index (χ4n) is 0.395. The summed E-state index contributed by atoms with van der Waals surface area (Å²) >= 11 is 0. The zero-order valence-electron chi connectivity index (χ0n) is 4.98. The average Bonchev–Trinajstić information content (AvgIpc) is 1.83. The van der Waals surface area contributed by atoms with Crippen molar-refractivity contribution >= 4 is 5.94 Å². The van der Waals surface area contributed by atoms with Crippen molar-refractivity contribution in [3.8, 4) is 0 Å². The van der Waals surface area contributed by atoms with Crippen molar-refractivity contribution in [2.24, 2.45) is 0 Å². The van der Waals surface area contributed by atoms with Gasteiger partial charge in [0, 0.05) is 12.2 Å². The molecular weight excluding hydrogens is 104 g/mol. The summed E-state index contributed by atoms with van der Waals surface area (Å²) in [6.07, 6.45) is 1.33. The molecule has 0 aromatic carbocycles. The smallest absolute Gasteiger partial charge is 0.123 e. The molecule has 0 aliphatic rings. The molecule has 0 aromatic heterocycles. The maximum absolute atomic E-state index is 9.77. The SMILES string of the molecule is CC(=C=O)CCCO. The van der Waals surface area contributed by atoms with Gasteiger partial charge >= 0.3 is 0 Å². The molecule has 0 saturated carbocycles. The first-order valence-electron chi connectivity index (χ1n) is 2.62. The van der Waals surface area contributed by atoms with Gasteiger partial charge in [-0.05, 0) is 19.8 Å². The number of aliphatic hydroxyl groups excluding tert-OH is 1. The summed E-state index contributed by atoms with van der Waals surface area (Å²) in [6, 6.07) is 0. The van der Waals surface area contributed by atoms with E-state index in [0.717, 1.165) is 0 Å². The van der Waals surface area contributed by atoms with Gasteiger partial charge in [0.15, 0.2) is 0 Å². The fourth-order valence-corrected chi connectivity index (χ4v) is 0.395. The molecule has 0 atom stereocenters. The van der Waals surface area contributed by atoms with E-state index >= 15 is 0 Å². The Labute approximate surface area is 48.8 Å². The van der Waals surface area contributed by atoms with E-state index in [1.54, 1.807) is 12.9 Å². The molecule has 0 aromatic rings. The summed E-state index contributed by atoms with van der Waals surface area (Å²) in [5.74, 6) is 1.76. The van der Waals surface area contributed by atoms with Crippen LogP contribution >= 0.6 is 0 Å². The molecule has 0 spiro atoms. The van der Waals surface area contributed by atoms with Crippen LogP contribution in [0.5, 0.6) is 0 Å². The molecule has 2 nitrogen and oxygen atoms in total. The van der Waals surface area contributed by atoms with Gasteiger partial charge in [-0.25, -0.2) is 4.79 Å². The topological polar surface area (TPSA) is 37.3 Å². The Hall–Kier alpha value is -0.590. The van der Waals surface area contributed by atoms with Gasteiger partial charge in [0.25, 0.3) is 0 Å². The standard InChI is InChI=1S/C6H10O2/c1-6(5-8)3-2-4-7/h7H,2-4H2,1H3. The lowest BCUT2D eigenvalue weighted by Gasteiger charge is -1.89. The summed E-state index contributed by atoms with van der Waals surface area (Å²) in [5.41, 5.74) is 0.680. The molecule has 0 rings (SSSR count). The molecule has 0 saturated heterocycles. The highest BCUT2D eigenvalue weighted by Crippen LogP contribution is 1.96. The second kappa shape index (κ2) is 4.57. The van der Waals surface area contributed by atoms with Gasteiger partial charge in [0.05, 0.1) is 0 Å². The molecule has 0 aliphatic heterocycles. The molecule has 0 bridgehead atoms. The summed E-state index contributed by atoms with van der Waals surface area (Å²) < 4.78 is 0. The van der Waals surface area contributed by atoms with Crippen molar-refractivity contribution in [1.82, 2.24) is 0 Å². The van der Waals surface area contributed by atoms with Crippen LogP contribution in [0.2, 0.25) is 0 Å². The Kier molecular flexibility index (Phi) is 4.23. The van der Waals surface area contributed by atoms with Gasteiger partial charge in [-0.15, -0.1) is 0 Å². The molecule has 0 aliphatic carbocycles. The lowest BCUT2D eigenvalue weighted by molar-refractivity contribution is 0.288. The first-order valence-corrected chi connectivity index (χ1v) is 2.62. The van der Waals surface area contributed by atoms with Crippen molar-refractivity contribution in [1.29, 1.82) is 0 Å². The Morgan fingerprint density at radius 3 is 2.75 bits per heavy atom. The molecule has 0 amide bonds. The molecule has 2 heteroatoms. The summed E-state index contributed by atoms with van der Waals surface area (Å²) in [5, 5.41) is 8.27. The first-order chi connectivity index (χ1) is 3.81. The van der Waals surface area contributed by atoms with Crippen molar-refractivity contribution in [2.75, 3.05) is 6.61 Å². The number of carbonyl (C=O) groups excluding carboxylic acids is 1. The molecule has 0 fully saturated rings. The fraction of sp³-hybridized carbons (Fsp3) is 0.667. The van der Waals surface area contributed by atoms with Crippen LogP contribution in [-0.2, 0) is 4.79 Å². The minimum Gasteiger partial charge on any atom is -0.396 e. The van der Waals surface area contributed by atoms with Crippen molar-refractivity contribution < 1.29 is 9.90 Å². The average molecular weight is 114 g/mol. The second-order valence-corrected chi connectivity index (χ2v) is 1.71. The minimum absolute atomic E-state index is 0.152. The largest absolute Gasteiger partial charge is 0.396 e. The van der Waals surface area contributed by atoms with Crippen LogP contribution in [-0.4, -0.2) is 17.7 Å². The number of hydrogen-bond acceptors (Lipinski definition) is 2. The van der Waals surface area contributed by atoms with Gasteiger partial charge in [0.1, 0.15) is 5.94 Å². The van der Waals surface area contributed by atoms with Crippen LogP contribution in [0.15, 0.2) is 5.57 Å². The Morgan fingerprint density at radius 1 is 1.75 bits per heavy atom. The minimum atomic E-state index is 0.152. The van der Waals surface area contributed by atoms with Crippen LogP contribution in [0, 0.1) is 0 Å². The molecule has 8 heavy (non-hydrogen) atoms. The quantitative estimate of drug-likeness (QED) is 0.543.